The van der Waals surface area contributed by atoms with Gasteiger partial charge in [0.15, 0.2) is 5.13 Å². The van der Waals surface area contributed by atoms with Crippen LogP contribution in [0.3, 0.4) is 0 Å². The van der Waals surface area contributed by atoms with Crippen molar-refractivity contribution in [1.29, 1.82) is 0 Å². The van der Waals surface area contributed by atoms with Gasteiger partial charge in [-0.1, -0.05) is 0 Å². The van der Waals surface area contributed by atoms with Crippen LogP contribution in [0.5, 0.6) is 0 Å². The van der Waals surface area contributed by atoms with Gasteiger partial charge in [-0.3, -0.25) is 4.79 Å². The molecule has 1 aliphatic rings. The Bertz CT molecular complexity index is 599. The number of nitrogens with one attached hydrogen (secondary N) is 1. The number of piperidine rings is 1. The molecule has 0 aliphatic carbocycles. The van der Waals surface area contributed by atoms with Gasteiger partial charge in [-0.15, -0.1) is 11.3 Å². The Hall–Kier alpha value is -1.19. The van der Waals surface area contributed by atoms with Crippen LogP contribution < -0.4 is 10.5 Å². The lowest BCUT2D eigenvalue weighted by Gasteiger charge is -2.32. The summed E-state index contributed by atoms with van der Waals surface area (Å²) in [5.41, 5.74) is 6.25. The van der Waals surface area contributed by atoms with E-state index in [4.69, 9.17) is 5.73 Å². The van der Waals surface area contributed by atoms with E-state index < -0.39 is 10.0 Å². The summed E-state index contributed by atoms with van der Waals surface area (Å²) in [6.07, 6.45) is 3.21. The average Bonchev–Trinajstić information content (AvgIpc) is 2.81. The molecule has 118 valence electrons. The number of nitrogen functional groups attached to an aromatic ring is 1. The topological polar surface area (TPSA) is 105 Å². The number of sulfonamides is 1. The average molecular weight is 332 g/mol. The van der Waals surface area contributed by atoms with Crippen molar-refractivity contribution in [2.75, 3.05) is 31.6 Å². The first kappa shape index (κ1) is 16.2. The van der Waals surface area contributed by atoms with Crippen molar-refractivity contribution in [3.63, 3.8) is 0 Å². The van der Waals surface area contributed by atoms with Crippen LogP contribution in [0.25, 0.3) is 0 Å². The molecule has 9 heteroatoms. The summed E-state index contributed by atoms with van der Waals surface area (Å²) >= 11 is 1.32. The molecule has 2 rings (SSSR count). The monoisotopic (exact) mass is 332 g/mol. The van der Waals surface area contributed by atoms with E-state index in [-0.39, 0.29) is 18.2 Å². The van der Waals surface area contributed by atoms with Crippen molar-refractivity contribution in [2.24, 2.45) is 5.92 Å². The highest BCUT2D eigenvalue weighted by molar-refractivity contribution is 7.88. The van der Waals surface area contributed by atoms with E-state index in [0.29, 0.717) is 30.5 Å². The van der Waals surface area contributed by atoms with Crippen molar-refractivity contribution in [3.8, 4) is 0 Å². The number of rotatable bonds is 5. The third-order valence-corrected chi connectivity index (χ3v) is 4.82. The van der Waals surface area contributed by atoms with Crippen molar-refractivity contribution in [3.05, 3.63) is 11.1 Å². The van der Waals surface area contributed by atoms with Crippen molar-refractivity contribution >= 4 is 32.4 Å². The molecule has 0 aromatic carbocycles. The van der Waals surface area contributed by atoms with Gasteiger partial charge in [0.1, 0.15) is 0 Å². The quantitative estimate of drug-likeness (QED) is 0.793. The van der Waals surface area contributed by atoms with Crippen LogP contribution in [0, 0.1) is 5.92 Å². The number of likely N-dealkylation sites (tertiary alicyclic amines) is 1. The van der Waals surface area contributed by atoms with Crippen LogP contribution in [0.15, 0.2) is 5.38 Å². The number of thiazole rings is 1. The lowest BCUT2D eigenvalue weighted by Crippen LogP contribution is -2.44. The number of amides is 1. The Balaban J connectivity index is 1.86. The van der Waals surface area contributed by atoms with Crippen LogP contribution in [-0.2, 0) is 21.2 Å². The third kappa shape index (κ3) is 5.25. The van der Waals surface area contributed by atoms with E-state index >= 15 is 0 Å². The molecular formula is C12H20N4O3S2. The number of nitrogens with two attached hydrogens (primary N) is 1. The molecule has 1 saturated heterocycles. The molecule has 0 spiro atoms. The van der Waals surface area contributed by atoms with Crippen LogP contribution in [0.4, 0.5) is 5.13 Å². The van der Waals surface area contributed by atoms with Gasteiger partial charge in [0.05, 0.1) is 18.4 Å². The Morgan fingerprint density at radius 3 is 3.00 bits per heavy atom. The van der Waals surface area contributed by atoms with Gasteiger partial charge < -0.3 is 10.6 Å². The molecule has 7 nitrogen and oxygen atoms in total. The number of hydrogen-bond acceptors (Lipinski definition) is 6. The van der Waals surface area contributed by atoms with Crippen molar-refractivity contribution < 1.29 is 13.2 Å². The lowest BCUT2D eigenvalue weighted by molar-refractivity contribution is -0.132. The standard InChI is InChI=1S/C12H20N4O3S2/c1-21(18,19)14-6-9-3-2-4-16(7-9)11(17)5-10-8-20-12(13)15-10/h8-9,14H,2-7H2,1H3,(H2,13,15). The van der Waals surface area contributed by atoms with Gasteiger partial charge in [0.25, 0.3) is 0 Å². The van der Waals surface area contributed by atoms with Crippen molar-refractivity contribution in [2.45, 2.75) is 19.3 Å². The molecular weight excluding hydrogens is 312 g/mol. The van der Waals surface area contributed by atoms with Gasteiger partial charge >= 0.3 is 0 Å². The SMILES string of the molecule is CS(=O)(=O)NCC1CCCN(C(=O)Cc2csc(N)n2)C1. The third-order valence-electron chi connectivity index (χ3n) is 3.41. The molecule has 1 atom stereocenters. The Morgan fingerprint density at radius 1 is 1.62 bits per heavy atom. The second-order valence-corrected chi connectivity index (χ2v) is 8.05. The van der Waals surface area contributed by atoms with E-state index in [1.54, 1.807) is 10.3 Å². The smallest absolute Gasteiger partial charge is 0.228 e. The van der Waals surface area contributed by atoms with E-state index in [1.807, 2.05) is 0 Å². The Morgan fingerprint density at radius 2 is 2.38 bits per heavy atom. The van der Waals surface area contributed by atoms with Crippen LogP contribution in [0.1, 0.15) is 18.5 Å². The summed E-state index contributed by atoms with van der Waals surface area (Å²) in [4.78, 5) is 18.1. The highest BCUT2D eigenvalue weighted by atomic mass is 32.2. The summed E-state index contributed by atoms with van der Waals surface area (Å²) in [6, 6.07) is 0. The minimum Gasteiger partial charge on any atom is -0.375 e. The van der Waals surface area contributed by atoms with E-state index in [2.05, 4.69) is 9.71 Å². The molecule has 0 saturated carbocycles. The lowest BCUT2D eigenvalue weighted by atomic mass is 9.98. The molecule has 1 amide bonds. The Labute approximate surface area is 128 Å². The number of carbonyl (C=O) groups excluding carboxylic acids is 1. The fourth-order valence-electron chi connectivity index (χ4n) is 2.40. The molecule has 1 unspecified atom stereocenters. The first-order valence-corrected chi connectivity index (χ1v) is 9.53. The maximum atomic E-state index is 12.2. The predicted molar refractivity (Wildman–Crippen MR) is 82.4 cm³/mol. The highest BCUT2D eigenvalue weighted by Crippen LogP contribution is 2.18. The minimum absolute atomic E-state index is 0.0179. The second kappa shape index (κ2) is 6.71. The second-order valence-electron chi connectivity index (χ2n) is 5.32. The molecule has 1 aromatic rings. The maximum absolute atomic E-state index is 12.2. The first-order valence-electron chi connectivity index (χ1n) is 6.76. The van der Waals surface area contributed by atoms with Crippen LogP contribution in [-0.4, -0.2) is 50.1 Å². The van der Waals surface area contributed by atoms with Gasteiger partial charge in [0, 0.05) is 25.0 Å². The zero-order chi connectivity index (χ0) is 15.5. The fourth-order valence-corrected chi connectivity index (χ4v) is 3.50. The van der Waals surface area contributed by atoms with E-state index in [9.17, 15) is 13.2 Å². The number of hydrogen-bond donors (Lipinski definition) is 2. The number of carbonyl (C=O) groups is 1. The Kier molecular flexibility index (Phi) is 5.17. The summed E-state index contributed by atoms with van der Waals surface area (Å²) < 4.78 is 24.8. The minimum atomic E-state index is -3.18. The highest BCUT2D eigenvalue weighted by Gasteiger charge is 2.24. The van der Waals surface area contributed by atoms with Crippen LogP contribution >= 0.6 is 11.3 Å². The number of nitrogens with zero attached hydrogens (tertiary/aromatic N) is 2. The normalized spacial score (nSPS) is 19.7. The van der Waals surface area contributed by atoms with Gasteiger partial charge in [-0.25, -0.2) is 18.1 Å². The summed E-state index contributed by atoms with van der Waals surface area (Å²) in [5.74, 6) is 0.183. The van der Waals surface area contributed by atoms with Gasteiger partial charge in [0.2, 0.25) is 15.9 Å². The molecule has 21 heavy (non-hydrogen) atoms. The molecule has 1 aliphatic heterocycles. The summed E-state index contributed by atoms with van der Waals surface area (Å²) in [7, 11) is -3.18. The largest absolute Gasteiger partial charge is 0.375 e. The molecule has 1 fully saturated rings. The van der Waals surface area contributed by atoms with Crippen LogP contribution in [0.2, 0.25) is 0 Å². The first-order chi connectivity index (χ1) is 9.83. The van der Waals surface area contributed by atoms with Gasteiger partial charge in [-0.2, -0.15) is 0 Å². The van der Waals surface area contributed by atoms with Gasteiger partial charge in [-0.05, 0) is 18.8 Å². The molecule has 1 aromatic heterocycles. The molecule has 2 heterocycles. The van der Waals surface area contributed by atoms with E-state index in [0.717, 1.165) is 19.1 Å². The number of anilines is 1. The number of aromatic nitrogens is 1. The molecule has 0 radical (unpaired) electrons. The zero-order valence-corrected chi connectivity index (χ0v) is 13.5. The zero-order valence-electron chi connectivity index (χ0n) is 11.9. The fraction of sp³-hybridized carbons (Fsp3) is 0.667. The summed E-state index contributed by atoms with van der Waals surface area (Å²) in [5, 5.41) is 2.26. The molecule has 3 N–H and O–H groups in total. The summed E-state index contributed by atoms with van der Waals surface area (Å²) in [6.45, 7) is 1.68. The van der Waals surface area contributed by atoms with E-state index in [1.165, 1.54) is 11.3 Å². The predicted octanol–water partition coefficient (Wildman–Crippen LogP) is 0.0556. The molecule has 0 bridgehead atoms. The van der Waals surface area contributed by atoms with Crippen molar-refractivity contribution in [1.82, 2.24) is 14.6 Å². The maximum Gasteiger partial charge on any atom is 0.228 e.